The smallest absolute Gasteiger partial charge is 0.291 e. The Bertz CT molecular complexity index is 1270. The normalized spacial score (nSPS) is 11.0. The minimum atomic E-state index is -0.160. The van der Waals surface area contributed by atoms with Gasteiger partial charge in [-0.25, -0.2) is 0 Å². The predicted octanol–water partition coefficient (Wildman–Crippen LogP) is 7.06. The number of rotatable bonds is 3. The maximum atomic E-state index is 12.7. The van der Waals surface area contributed by atoms with Crippen molar-refractivity contribution in [2.24, 2.45) is 0 Å². The molecule has 0 spiro atoms. The van der Waals surface area contributed by atoms with Gasteiger partial charge in [0.1, 0.15) is 5.58 Å². The molecule has 1 heterocycles. The number of carbonyl (C=O) groups excluding carboxylic acids is 1. The average molecular weight is 437 g/mol. The van der Waals surface area contributed by atoms with E-state index in [9.17, 15) is 9.90 Å². The minimum absolute atomic E-state index is 0.127. The van der Waals surface area contributed by atoms with Crippen molar-refractivity contribution in [3.8, 4) is 17.1 Å². The standard InChI is InChI=1S/C23H16O3S3/c1-13-2-4-14(5-3-13)21-17-10-11-19(28)20(12-18(17)26-22(21)24)29-23(25)15-6-8-16(27)9-7-15/h2-12,24,27H,1H3. The number of aryl methyl sites for hydroxylation is 1. The highest BCUT2D eigenvalue weighted by Crippen LogP contribution is 2.40. The van der Waals surface area contributed by atoms with Gasteiger partial charge in [0.05, 0.1) is 10.1 Å². The summed E-state index contributed by atoms with van der Waals surface area (Å²) in [7, 11) is 0. The van der Waals surface area contributed by atoms with Crippen LogP contribution in [0.1, 0.15) is 15.9 Å². The molecule has 144 valence electrons. The molecule has 0 unspecified atom stereocenters. The lowest BCUT2D eigenvalue weighted by molar-refractivity contribution is 0.108. The van der Waals surface area contributed by atoms with Gasteiger partial charge in [-0.3, -0.25) is 4.79 Å². The molecule has 0 saturated heterocycles. The first-order valence-electron chi connectivity index (χ1n) is 8.80. The first-order chi connectivity index (χ1) is 13.9. The summed E-state index contributed by atoms with van der Waals surface area (Å²) in [5.74, 6) is -0.160. The van der Waals surface area contributed by atoms with Crippen LogP contribution >= 0.6 is 36.6 Å². The summed E-state index contributed by atoms with van der Waals surface area (Å²) in [4.78, 5) is 14.0. The second-order valence-electron chi connectivity index (χ2n) is 6.57. The molecule has 4 aromatic rings. The van der Waals surface area contributed by atoms with Crippen molar-refractivity contribution >= 4 is 52.7 Å². The number of benzene rings is 2. The Morgan fingerprint density at radius 1 is 1.03 bits per heavy atom. The second-order valence-corrected chi connectivity index (χ2v) is 8.54. The van der Waals surface area contributed by atoms with Crippen molar-refractivity contribution < 1.29 is 14.3 Å². The first kappa shape index (κ1) is 19.8. The molecule has 0 amide bonds. The fourth-order valence-electron chi connectivity index (χ4n) is 2.99. The van der Waals surface area contributed by atoms with Crippen LogP contribution in [-0.4, -0.2) is 10.2 Å². The third-order valence-corrected chi connectivity index (χ3v) is 6.27. The van der Waals surface area contributed by atoms with Gasteiger partial charge in [-0.1, -0.05) is 42.0 Å². The molecule has 0 aliphatic heterocycles. The molecule has 0 fully saturated rings. The highest BCUT2D eigenvalue weighted by molar-refractivity contribution is 8.14. The molecular formula is C23H16O3S3. The molecule has 6 heteroatoms. The number of thiol groups is 1. The van der Waals surface area contributed by atoms with Crippen LogP contribution in [0.3, 0.4) is 0 Å². The van der Waals surface area contributed by atoms with Crippen molar-refractivity contribution in [1.82, 2.24) is 0 Å². The van der Waals surface area contributed by atoms with Gasteiger partial charge in [0.2, 0.25) is 5.12 Å². The van der Waals surface area contributed by atoms with E-state index in [1.807, 2.05) is 37.3 Å². The van der Waals surface area contributed by atoms with Crippen LogP contribution in [0.5, 0.6) is 5.95 Å². The fraction of sp³-hybridized carbons (Fsp3) is 0.0435. The number of thioether (sulfide) groups is 1. The highest BCUT2D eigenvalue weighted by atomic mass is 32.2. The van der Waals surface area contributed by atoms with Crippen molar-refractivity contribution in [2.75, 3.05) is 0 Å². The molecule has 4 rings (SSSR count). The Morgan fingerprint density at radius 2 is 1.72 bits per heavy atom. The summed E-state index contributed by atoms with van der Waals surface area (Å²) < 4.78 is 6.15. The largest absolute Gasteiger partial charge is 0.480 e. The Morgan fingerprint density at radius 3 is 2.41 bits per heavy atom. The summed E-state index contributed by atoms with van der Waals surface area (Å²) in [6.45, 7) is 2.00. The molecule has 0 aliphatic carbocycles. The van der Waals surface area contributed by atoms with E-state index in [1.165, 1.54) is 0 Å². The molecule has 29 heavy (non-hydrogen) atoms. The molecule has 0 aliphatic rings. The van der Waals surface area contributed by atoms with E-state index in [-0.39, 0.29) is 11.1 Å². The van der Waals surface area contributed by atoms with Crippen LogP contribution in [0.2, 0.25) is 0 Å². The zero-order chi connectivity index (χ0) is 20.5. The van der Waals surface area contributed by atoms with Gasteiger partial charge in [0.25, 0.3) is 5.95 Å². The lowest BCUT2D eigenvalue weighted by atomic mass is 10.0. The maximum Gasteiger partial charge on any atom is 0.291 e. The molecule has 1 N–H and O–H groups in total. The van der Waals surface area contributed by atoms with Gasteiger partial charge in [-0.15, -0.1) is 12.6 Å². The molecule has 0 atom stereocenters. The van der Waals surface area contributed by atoms with Crippen molar-refractivity contribution in [2.45, 2.75) is 16.7 Å². The average Bonchev–Trinajstić information content (AvgIpc) is 2.93. The van der Waals surface area contributed by atoms with Crippen molar-refractivity contribution in [1.29, 1.82) is 0 Å². The van der Waals surface area contributed by atoms with Crippen LogP contribution in [-0.2, 0) is 0 Å². The minimum Gasteiger partial charge on any atom is -0.480 e. The topological polar surface area (TPSA) is 50.4 Å². The number of hydrogen-bond donors (Lipinski definition) is 2. The zero-order valence-electron chi connectivity index (χ0n) is 15.4. The number of hydrogen-bond acceptors (Lipinski definition) is 6. The van der Waals surface area contributed by atoms with E-state index in [0.29, 0.717) is 26.1 Å². The maximum absolute atomic E-state index is 12.7. The van der Waals surface area contributed by atoms with Crippen LogP contribution in [0.4, 0.5) is 0 Å². The Balaban J connectivity index is 1.78. The lowest BCUT2D eigenvalue weighted by Gasteiger charge is -2.00. The number of fused-ring (bicyclic) bond motifs is 1. The summed E-state index contributed by atoms with van der Waals surface area (Å²) in [6.07, 6.45) is 0. The molecule has 3 aromatic carbocycles. The molecule has 1 aromatic heterocycles. The fourth-order valence-corrected chi connectivity index (χ4v) is 4.18. The Hall–Kier alpha value is -2.54. The molecule has 0 radical (unpaired) electrons. The predicted molar refractivity (Wildman–Crippen MR) is 123 cm³/mol. The van der Waals surface area contributed by atoms with Gasteiger partial charge in [-0.05, 0) is 66.7 Å². The van der Waals surface area contributed by atoms with E-state index in [4.69, 9.17) is 16.6 Å². The molecule has 0 bridgehead atoms. The van der Waals surface area contributed by atoms with Gasteiger partial charge in [0, 0.05) is 20.7 Å². The van der Waals surface area contributed by atoms with Gasteiger partial charge in [0.15, 0.2) is 0 Å². The summed E-state index contributed by atoms with van der Waals surface area (Å²) in [6, 6.07) is 20.1. The number of furan rings is 1. The van der Waals surface area contributed by atoms with Crippen LogP contribution in [0.15, 0.2) is 80.9 Å². The van der Waals surface area contributed by atoms with Crippen LogP contribution in [0.25, 0.3) is 22.1 Å². The van der Waals surface area contributed by atoms with Crippen LogP contribution in [0, 0.1) is 11.4 Å². The monoisotopic (exact) mass is 436 g/mol. The molecule has 3 nitrogen and oxygen atoms in total. The Labute approximate surface area is 182 Å². The third kappa shape index (κ3) is 4.10. The lowest BCUT2D eigenvalue weighted by Crippen LogP contribution is -1.92. The quantitative estimate of drug-likeness (QED) is 0.204. The van der Waals surface area contributed by atoms with E-state index in [2.05, 4.69) is 12.6 Å². The molecular weight excluding hydrogens is 420 g/mol. The summed E-state index contributed by atoms with van der Waals surface area (Å²) in [5, 5.41) is 11.0. The third-order valence-electron chi connectivity index (χ3n) is 4.51. The second kappa shape index (κ2) is 8.06. The SMILES string of the molecule is Cc1ccc(-c2c(O)oc3cc(SC(=O)c4ccc(S)cc4)c(=S)ccc23)cc1. The van der Waals surface area contributed by atoms with Crippen LogP contribution < -0.4 is 0 Å². The van der Waals surface area contributed by atoms with E-state index >= 15 is 0 Å². The van der Waals surface area contributed by atoms with E-state index in [1.54, 1.807) is 36.4 Å². The van der Waals surface area contributed by atoms with Crippen molar-refractivity contribution in [3.63, 3.8) is 0 Å². The number of aromatic hydroxyl groups is 1. The Kier molecular flexibility index (Phi) is 5.50. The highest BCUT2D eigenvalue weighted by Gasteiger charge is 2.17. The zero-order valence-corrected chi connectivity index (χ0v) is 17.9. The van der Waals surface area contributed by atoms with Gasteiger partial charge >= 0.3 is 0 Å². The van der Waals surface area contributed by atoms with Crippen molar-refractivity contribution in [3.05, 3.63) is 82.4 Å². The van der Waals surface area contributed by atoms with Gasteiger partial charge < -0.3 is 9.52 Å². The molecule has 0 saturated carbocycles. The summed E-state index contributed by atoms with van der Waals surface area (Å²) in [5.41, 5.74) is 3.61. The van der Waals surface area contributed by atoms with E-state index in [0.717, 1.165) is 33.2 Å². The first-order valence-corrected chi connectivity index (χ1v) is 10.5. The van der Waals surface area contributed by atoms with Gasteiger partial charge in [-0.2, -0.15) is 0 Å². The number of carbonyl (C=O) groups is 1. The summed E-state index contributed by atoms with van der Waals surface area (Å²) >= 11 is 10.8. The van der Waals surface area contributed by atoms with E-state index < -0.39 is 0 Å².